The van der Waals surface area contributed by atoms with E-state index in [0.29, 0.717) is 18.7 Å². The Morgan fingerprint density at radius 2 is 2.10 bits per heavy atom. The van der Waals surface area contributed by atoms with Crippen LogP contribution in [-0.2, 0) is 24.8 Å². The number of urea groups is 1. The Hall–Kier alpha value is -4.04. The van der Waals surface area contributed by atoms with Crippen molar-refractivity contribution >= 4 is 23.2 Å². The van der Waals surface area contributed by atoms with E-state index < -0.39 is 0 Å². The molecule has 2 amide bonds. The van der Waals surface area contributed by atoms with Gasteiger partial charge >= 0.3 is 6.03 Å². The van der Waals surface area contributed by atoms with Crippen LogP contribution in [0.1, 0.15) is 48.5 Å². The Balaban J connectivity index is 1.37. The Kier molecular flexibility index (Phi) is 5.56. The molecule has 5 heterocycles. The van der Waals surface area contributed by atoms with E-state index in [4.69, 9.17) is 9.84 Å². The molecule has 2 fully saturated rings. The van der Waals surface area contributed by atoms with Crippen molar-refractivity contribution < 1.29 is 9.53 Å². The van der Waals surface area contributed by atoms with E-state index in [0.717, 1.165) is 85.7 Å². The smallest absolute Gasteiger partial charge is 0.317 e. The second-order valence-electron chi connectivity index (χ2n) is 11.2. The number of carbonyl (C=O) groups is 1. The number of nitrogens with zero attached hydrogens (tertiary/aromatic N) is 7. The third-order valence-electron chi connectivity index (χ3n) is 8.64. The first kappa shape index (κ1) is 24.0. The number of nitrogens with one attached hydrogen (secondary N) is 2. The molecule has 2 N–H and O–H groups in total. The Labute approximate surface area is 227 Å². The summed E-state index contributed by atoms with van der Waals surface area (Å²) in [5.41, 5.74) is 6.66. The predicted molar refractivity (Wildman–Crippen MR) is 146 cm³/mol. The lowest BCUT2D eigenvalue weighted by molar-refractivity contribution is 0.0651. The maximum absolute atomic E-state index is 12.6. The molecule has 4 aliphatic rings. The number of benzene rings is 1. The molecule has 1 aliphatic carbocycles. The van der Waals surface area contributed by atoms with E-state index in [9.17, 15) is 10.1 Å². The minimum absolute atomic E-state index is 0.0160. The summed E-state index contributed by atoms with van der Waals surface area (Å²) in [6, 6.07) is 6.71. The second-order valence-corrected chi connectivity index (χ2v) is 11.2. The molecule has 1 saturated carbocycles. The molecule has 0 radical (unpaired) electrons. The molecule has 11 heteroatoms. The van der Waals surface area contributed by atoms with Crippen LogP contribution in [0.2, 0.25) is 0 Å². The number of aromatic nitrogens is 4. The number of hydrogen-bond donors (Lipinski definition) is 2. The van der Waals surface area contributed by atoms with Gasteiger partial charge in [-0.15, -0.1) is 0 Å². The summed E-state index contributed by atoms with van der Waals surface area (Å²) >= 11 is 0. The van der Waals surface area contributed by atoms with Gasteiger partial charge in [-0.3, -0.25) is 9.36 Å². The minimum Gasteiger partial charge on any atom is -0.381 e. The van der Waals surface area contributed by atoms with Gasteiger partial charge in [0.2, 0.25) is 0 Å². The SMILES string of the molecule is CNC(=O)N1CCc2c(c(N3CC4(CC4)Nc4cc(-c5cnn(C)c5)c(C#N)cc43)nn2C2CCOCC2)C1. The zero-order valence-electron chi connectivity index (χ0n) is 22.4. The quantitative estimate of drug-likeness (QED) is 0.537. The highest BCUT2D eigenvalue weighted by atomic mass is 16.5. The number of fused-ring (bicyclic) bond motifs is 2. The fourth-order valence-electron chi connectivity index (χ4n) is 6.35. The van der Waals surface area contributed by atoms with Crippen molar-refractivity contribution in [2.24, 2.45) is 7.05 Å². The topological polar surface area (TPSA) is 116 Å². The van der Waals surface area contributed by atoms with E-state index in [-0.39, 0.29) is 17.6 Å². The van der Waals surface area contributed by atoms with Crippen LogP contribution in [0.25, 0.3) is 11.1 Å². The van der Waals surface area contributed by atoms with Gasteiger partial charge in [-0.2, -0.15) is 15.5 Å². The van der Waals surface area contributed by atoms with E-state index >= 15 is 0 Å². The van der Waals surface area contributed by atoms with Gasteiger partial charge in [0.25, 0.3) is 0 Å². The lowest BCUT2D eigenvalue weighted by Crippen LogP contribution is -2.43. The Bertz CT molecular complexity index is 1490. The molecule has 0 atom stereocenters. The number of rotatable bonds is 3. The van der Waals surface area contributed by atoms with Crippen LogP contribution < -0.4 is 15.5 Å². The van der Waals surface area contributed by atoms with Crippen molar-refractivity contribution in [3.8, 4) is 17.2 Å². The summed E-state index contributed by atoms with van der Waals surface area (Å²) in [6.07, 6.45) is 8.53. The maximum Gasteiger partial charge on any atom is 0.317 e. The molecule has 2 aromatic heterocycles. The van der Waals surface area contributed by atoms with Crippen molar-refractivity contribution in [2.45, 2.75) is 50.2 Å². The van der Waals surface area contributed by atoms with E-state index in [2.05, 4.69) is 37.4 Å². The standard InChI is InChI=1S/C28H33N9O2/c1-30-27(38)35-8-3-24-22(16-35)26(33-37(24)20-4-9-39-10-5-20)36-17-28(6-7-28)32-23-12-21(18(13-29)11-25(23)36)19-14-31-34(2)15-19/h11-12,14-15,20,32H,3-10,16-17H2,1-2H3,(H,30,38). The number of carbonyl (C=O) groups excluding carboxylic acids is 1. The van der Waals surface area contributed by atoms with Gasteiger partial charge in [0, 0.05) is 75.4 Å². The molecule has 0 bridgehead atoms. The maximum atomic E-state index is 12.6. The lowest BCUT2D eigenvalue weighted by atomic mass is 9.97. The molecule has 0 unspecified atom stereocenters. The van der Waals surface area contributed by atoms with Crippen LogP contribution in [0.5, 0.6) is 0 Å². The highest BCUT2D eigenvalue weighted by molar-refractivity contribution is 5.87. The number of amides is 2. The van der Waals surface area contributed by atoms with Gasteiger partial charge in [-0.05, 0) is 37.8 Å². The summed E-state index contributed by atoms with van der Waals surface area (Å²) in [5, 5.41) is 26.4. The van der Waals surface area contributed by atoms with Crippen molar-refractivity contribution in [1.82, 2.24) is 29.8 Å². The first-order valence-electron chi connectivity index (χ1n) is 13.8. The lowest BCUT2D eigenvalue weighted by Gasteiger charge is -2.38. The number of ether oxygens (including phenoxy) is 1. The van der Waals surface area contributed by atoms with Gasteiger partial charge < -0.3 is 25.2 Å². The highest BCUT2D eigenvalue weighted by Gasteiger charge is 2.49. The molecule has 202 valence electrons. The molecule has 1 spiro atoms. The normalized spacial score (nSPS) is 19.7. The van der Waals surface area contributed by atoms with Gasteiger partial charge in [0.1, 0.15) is 0 Å². The molecule has 1 aromatic carbocycles. The molecule has 1 saturated heterocycles. The van der Waals surface area contributed by atoms with Crippen LogP contribution in [0.4, 0.5) is 22.0 Å². The fourth-order valence-corrected chi connectivity index (χ4v) is 6.35. The largest absolute Gasteiger partial charge is 0.381 e. The molecular weight excluding hydrogens is 494 g/mol. The number of anilines is 3. The average molecular weight is 528 g/mol. The van der Waals surface area contributed by atoms with Crippen molar-refractivity contribution in [3.05, 3.63) is 41.3 Å². The molecule has 3 aromatic rings. The molecule has 11 nitrogen and oxygen atoms in total. The third-order valence-corrected chi connectivity index (χ3v) is 8.64. The monoisotopic (exact) mass is 527 g/mol. The van der Waals surface area contributed by atoms with Gasteiger partial charge in [0.15, 0.2) is 5.82 Å². The minimum atomic E-state index is -0.0716. The van der Waals surface area contributed by atoms with Crippen LogP contribution in [-0.4, -0.2) is 69.4 Å². The van der Waals surface area contributed by atoms with Crippen LogP contribution >= 0.6 is 0 Å². The third kappa shape index (κ3) is 4.01. The van der Waals surface area contributed by atoms with Crippen molar-refractivity contribution in [1.29, 1.82) is 5.26 Å². The predicted octanol–water partition coefficient (Wildman–Crippen LogP) is 3.30. The van der Waals surface area contributed by atoms with Gasteiger partial charge in [-0.25, -0.2) is 4.79 Å². The molecular formula is C28H33N9O2. The van der Waals surface area contributed by atoms with E-state index in [1.165, 1.54) is 5.69 Å². The summed E-state index contributed by atoms with van der Waals surface area (Å²) in [5.74, 6) is 0.900. The van der Waals surface area contributed by atoms with Crippen LogP contribution in [0, 0.1) is 11.3 Å². The molecule has 39 heavy (non-hydrogen) atoms. The average Bonchev–Trinajstić information content (AvgIpc) is 3.38. The number of nitriles is 1. The zero-order valence-corrected chi connectivity index (χ0v) is 22.4. The van der Waals surface area contributed by atoms with E-state index in [1.54, 1.807) is 17.9 Å². The van der Waals surface area contributed by atoms with Crippen molar-refractivity contribution in [2.75, 3.05) is 43.6 Å². The number of aryl methyl sites for hydroxylation is 1. The molecule has 3 aliphatic heterocycles. The van der Waals surface area contributed by atoms with E-state index in [1.807, 2.05) is 24.2 Å². The highest BCUT2D eigenvalue weighted by Crippen LogP contribution is 2.51. The Morgan fingerprint density at radius 3 is 2.79 bits per heavy atom. The van der Waals surface area contributed by atoms with Gasteiger partial charge in [0.05, 0.1) is 47.3 Å². The summed E-state index contributed by atoms with van der Waals surface area (Å²) in [7, 11) is 3.56. The zero-order chi connectivity index (χ0) is 26.7. The summed E-state index contributed by atoms with van der Waals surface area (Å²) < 4.78 is 9.63. The first-order valence-corrected chi connectivity index (χ1v) is 13.8. The fraction of sp³-hybridized carbons (Fsp3) is 0.500. The van der Waals surface area contributed by atoms with Crippen molar-refractivity contribution in [3.63, 3.8) is 0 Å². The second kappa shape index (κ2) is 9.02. The summed E-state index contributed by atoms with van der Waals surface area (Å²) in [6.45, 7) is 3.42. The van der Waals surface area contributed by atoms with Gasteiger partial charge in [-0.1, -0.05) is 0 Å². The van der Waals surface area contributed by atoms with Crippen LogP contribution in [0.3, 0.4) is 0 Å². The number of hydrogen-bond acceptors (Lipinski definition) is 7. The van der Waals surface area contributed by atoms with Crippen LogP contribution in [0.15, 0.2) is 24.5 Å². The summed E-state index contributed by atoms with van der Waals surface area (Å²) in [4.78, 5) is 16.8. The first-order chi connectivity index (χ1) is 19.0. The Morgan fingerprint density at radius 1 is 1.28 bits per heavy atom. The molecule has 7 rings (SSSR count).